The number of oxazole rings is 1. The Morgan fingerprint density at radius 3 is 2.50 bits per heavy atom. The zero-order valence-corrected chi connectivity index (χ0v) is 12.7. The van der Waals surface area contributed by atoms with E-state index in [-0.39, 0.29) is 18.1 Å². The SMILES string of the molecule is CC1CN(C(=O)c2coc(-c3ccc(N)cc3)n2)CC(C)O1. The van der Waals surface area contributed by atoms with Gasteiger partial charge in [0.05, 0.1) is 12.2 Å². The highest BCUT2D eigenvalue weighted by Crippen LogP contribution is 2.21. The lowest BCUT2D eigenvalue weighted by Crippen LogP contribution is -2.48. The number of anilines is 1. The number of nitrogen functional groups attached to an aromatic ring is 1. The molecule has 6 nitrogen and oxygen atoms in total. The minimum Gasteiger partial charge on any atom is -0.444 e. The van der Waals surface area contributed by atoms with Crippen molar-refractivity contribution >= 4 is 11.6 Å². The summed E-state index contributed by atoms with van der Waals surface area (Å²) in [6.07, 6.45) is 1.45. The molecular formula is C16H19N3O3. The molecule has 0 saturated carbocycles. The molecule has 0 bridgehead atoms. The number of benzene rings is 1. The van der Waals surface area contributed by atoms with Crippen LogP contribution in [0.5, 0.6) is 0 Å². The Hall–Kier alpha value is -2.34. The molecule has 1 aromatic heterocycles. The topological polar surface area (TPSA) is 81.6 Å². The first-order chi connectivity index (χ1) is 10.5. The van der Waals surface area contributed by atoms with E-state index < -0.39 is 0 Å². The van der Waals surface area contributed by atoms with Crippen LogP contribution in [0.4, 0.5) is 5.69 Å². The van der Waals surface area contributed by atoms with Crippen LogP contribution >= 0.6 is 0 Å². The Kier molecular flexibility index (Phi) is 3.85. The maximum Gasteiger partial charge on any atom is 0.276 e. The van der Waals surface area contributed by atoms with Gasteiger partial charge in [-0.15, -0.1) is 0 Å². The van der Waals surface area contributed by atoms with Crippen molar-refractivity contribution in [2.75, 3.05) is 18.8 Å². The normalized spacial score (nSPS) is 21.8. The maximum absolute atomic E-state index is 12.5. The lowest BCUT2D eigenvalue weighted by atomic mass is 10.2. The first kappa shape index (κ1) is 14.6. The number of carbonyl (C=O) groups excluding carboxylic acids is 1. The summed E-state index contributed by atoms with van der Waals surface area (Å²) >= 11 is 0. The van der Waals surface area contributed by atoms with Crippen LogP contribution in [0.2, 0.25) is 0 Å². The number of hydrogen-bond donors (Lipinski definition) is 1. The first-order valence-electron chi connectivity index (χ1n) is 7.29. The van der Waals surface area contributed by atoms with Gasteiger partial charge in [0.2, 0.25) is 5.89 Å². The summed E-state index contributed by atoms with van der Waals surface area (Å²) in [5.74, 6) is 0.283. The number of amides is 1. The van der Waals surface area contributed by atoms with Gasteiger partial charge in [-0.2, -0.15) is 0 Å². The fourth-order valence-corrected chi connectivity index (χ4v) is 2.64. The molecule has 3 rings (SSSR count). The van der Waals surface area contributed by atoms with Crippen molar-refractivity contribution in [3.05, 3.63) is 36.2 Å². The standard InChI is InChI=1S/C16H19N3O3/c1-10-7-19(8-11(2)22-10)16(20)14-9-21-15(18-14)12-3-5-13(17)6-4-12/h3-6,9-11H,7-8,17H2,1-2H3. The fourth-order valence-electron chi connectivity index (χ4n) is 2.64. The van der Waals surface area contributed by atoms with Gasteiger partial charge >= 0.3 is 0 Å². The van der Waals surface area contributed by atoms with Crippen LogP contribution in [0.25, 0.3) is 11.5 Å². The average Bonchev–Trinajstić information content (AvgIpc) is 2.96. The van der Waals surface area contributed by atoms with Crippen LogP contribution in [0, 0.1) is 0 Å². The van der Waals surface area contributed by atoms with E-state index >= 15 is 0 Å². The Morgan fingerprint density at radius 2 is 1.86 bits per heavy atom. The quantitative estimate of drug-likeness (QED) is 0.860. The first-order valence-corrected chi connectivity index (χ1v) is 7.29. The van der Waals surface area contributed by atoms with Crippen LogP contribution in [0.3, 0.4) is 0 Å². The summed E-state index contributed by atoms with van der Waals surface area (Å²) < 4.78 is 11.1. The molecular weight excluding hydrogens is 282 g/mol. The number of nitrogens with zero attached hydrogens (tertiary/aromatic N) is 2. The van der Waals surface area contributed by atoms with E-state index in [0.29, 0.717) is 30.4 Å². The van der Waals surface area contributed by atoms with Gasteiger partial charge in [-0.05, 0) is 38.1 Å². The van der Waals surface area contributed by atoms with Gasteiger partial charge in [0, 0.05) is 24.3 Å². The monoisotopic (exact) mass is 301 g/mol. The number of ether oxygens (including phenoxy) is 1. The van der Waals surface area contributed by atoms with Crippen molar-refractivity contribution in [1.82, 2.24) is 9.88 Å². The third kappa shape index (κ3) is 2.96. The molecule has 6 heteroatoms. The average molecular weight is 301 g/mol. The van der Waals surface area contributed by atoms with Gasteiger partial charge in [0.1, 0.15) is 6.26 Å². The zero-order chi connectivity index (χ0) is 15.7. The molecule has 1 aliphatic rings. The summed E-state index contributed by atoms with van der Waals surface area (Å²) in [5.41, 5.74) is 7.43. The number of morpholine rings is 1. The van der Waals surface area contributed by atoms with Crippen LogP contribution in [-0.2, 0) is 4.74 Å². The van der Waals surface area contributed by atoms with E-state index in [2.05, 4.69) is 4.98 Å². The van der Waals surface area contributed by atoms with Crippen molar-refractivity contribution in [2.45, 2.75) is 26.1 Å². The van der Waals surface area contributed by atoms with Crippen molar-refractivity contribution in [3.63, 3.8) is 0 Å². The number of nitrogens with two attached hydrogens (primary N) is 1. The highest BCUT2D eigenvalue weighted by Gasteiger charge is 2.28. The molecule has 2 heterocycles. The second-order valence-corrected chi connectivity index (χ2v) is 5.63. The molecule has 1 amide bonds. The summed E-state index contributed by atoms with van der Waals surface area (Å²) in [5, 5.41) is 0. The van der Waals surface area contributed by atoms with Gasteiger partial charge in [-0.1, -0.05) is 0 Å². The van der Waals surface area contributed by atoms with E-state index in [9.17, 15) is 4.79 Å². The van der Waals surface area contributed by atoms with Crippen molar-refractivity contribution in [3.8, 4) is 11.5 Å². The summed E-state index contributed by atoms with van der Waals surface area (Å²) in [6.45, 7) is 5.04. The Bertz CT molecular complexity index is 656. The second kappa shape index (κ2) is 5.81. The van der Waals surface area contributed by atoms with E-state index in [1.165, 1.54) is 6.26 Å². The molecule has 2 aromatic rings. The molecule has 2 N–H and O–H groups in total. The second-order valence-electron chi connectivity index (χ2n) is 5.63. The van der Waals surface area contributed by atoms with E-state index in [1.54, 1.807) is 17.0 Å². The Labute approximate surface area is 128 Å². The number of aromatic nitrogens is 1. The third-order valence-corrected chi connectivity index (χ3v) is 3.59. The highest BCUT2D eigenvalue weighted by atomic mass is 16.5. The number of rotatable bonds is 2. The molecule has 22 heavy (non-hydrogen) atoms. The van der Waals surface area contributed by atoms with Crippen LogP contribution in [-0.4, -0.2) is 41.1 Å². The molecule has 2 unspecified atom stereocenters. The molecule has 1 aliphatic heterocycles. The van der Waals surface area contributed by atoms with E-state index in [1.807, 2.05) is 26.0 Å². The lowest BCUT2D eigenvalue weighted by Gasteiger charge is -2.34. The van der Waals surface area contributed by atoms with Crippen LogP contribution < -0.4 is 5.73 Å². The predicted molar refractivity (Wildman–Crippen MR) is 82.3 cm³/mol. The minimum absolute atomic E-state index is 0.0242. The van der Waals surface area contributed by atoms with Gasteiger partial charge in [0.15, 0.2) is 5.69 Å². The zero-order valence-electron chi connectivity index (χ0n) is 12.7. The molecule has 1 saturated heterocycles. The molecule has 0 spiro atoms. The predicted octanol–water partition coefficient (Wildman–Crippen LogP) is 2.17. The van der Waals surface area contributed by atoms with Gasteiger partial charge < -0.3 is 19.8 Å². The molecule has 2 atom stereocenters. The number of hydrogen-bond acceptors (Lipinski definition) is 5. The fraction of sp³-hybridized carbons (Fsp3) is 0.375. The van der Waals surface area contributed by atoms with Gasteiger partial charge in [-0.3, -0.25) is 4.79 Å². The van der Waals surface area contributed by atoms with Crippen molar-refractivity contribution in [1.29, 1.82) is 0 Å². The van der Waals surface area contributed by atoms with E-state index in [0.717, 1.165) is 5.56 Å². The Balaban J connectivity index is 1.78. The van der Waals surface area contributed by atoms with E-state index in [4.69, 9.17) is 14.9 Å². The molecule has 0 aliphatic carbocycles. The van der Waals surface area contributed by atoms with Crippen molar-refractivity contribution < 1.29 is 13.9 Å². The molecule has 0 radical (unpaired) electrons. The van der Waals surface area contributed by atoms with Crippen LogP contribution in [0.15, 0.2) is 34.9 Å². The smallest absolute Gasteiger partial charge is 0.276 e. The van der Waals surface area contributed by atoms with Crippen LogP contribution in [0.1, 0.15) is 24.3 Å². The van der Waals surface area contributed by atoms with Crippen molar-refractivity contribution in [2.24, 2.45) is 0 Å². The highest BCUT2D eigenvalue weighted by molar-refractivity contribution is 5.92. The largest absolute Gasteiger partial charge is 0.444 e. The number of carbonyl (C=O) groups is 1. The summed E-state index contributed by atoms with van der Waals surface area (Å²) in [4.78, 5) is 18.6. The summed E-state index contributed by atoms with van der Waals surface area (Å²) in [7, 11) is 0. The maximum atomic E-state index is 12.5. The summed E-state index contributed by atoms with van der Waals surface area (Å²) in [6, 6.07) is 7.17. The molecule has 116 valence electrons. The van der Waals surface area contributed by atoms with Gasteiger partial charge in [-0.25, -0.2) is 4.98 Å². The van der Waals surface area contributed by atoms with Gasteiger partial charge in [0.25, 0.3) is 5.91 Å². The Morgan fingerprint density at radius 1 is 1.23 bits per heavy atom. The lowest BCUT2D eigenvalue weighted by molar-refractivity contribution is -0.0587. The molecule has 1 aromatic carbocycles. The minimum atomic E-state index is -0.132. The third-order valence-electron chi connectivity index (χ3n) is 3.59. The molecule has 1 fully saturated rings.